The van der Waals surface area contributed by atoms with Crippen LogP contribution in [0.2, 0.25) is 0 Å². The van der Waals surface area contributed by atoms with E-state index in [0.717, 1.165) is 39.1 Å². The van der Waals surface area contributed by atoms with Crippen LogP contribution in [0, 0.1) is 13.8 Å². The van der Waals surface area contributed by atoms with Crippen molar-refractivity contribution >= 4 is 22.8 Å². The number of hydrogen-bond donors (Lipinski definition) is 0. The minimum Gasteiger partial charge on any atom is -0.361 e. The van der Waals surface area contributed by atoms with Gasteiger partial charge in [-0.1, -0.05) is 46.7 Å². The maximum absolute atomic E-state index is 5.15. The molecule has 0 spiro atoms. The van der Waals surface area contributed by atoms with Crippen LogP contribution in [-0.2, 0) is 5.75 Å². The van der Waals surface area contributed by atoms with Crippen molar-refractivity contribution in [3.05, 3.63) is 71.6 Å². The highest BCUT2D eigenvalue weighted by atomic mass is 32.2. The van der Waals surface area contributed by atoms with Crippen LogP contribution in [0.1, 0.15) is 17.0 Å². The van der Waals surface area contributed by atoms with Crippen LogP contribution in [0.3, 0.4) is 0 Å². The topological polar surface area (TPSA) is 43.9 Å². The maximum Gasteiger partial charge on any atom is 0.174 e. The van der Waals surface area contributed by atoms with Gasteiger partial charge in [0.2, 0.25) is 0 Å². The van der Waals surface area contributed by atoms with Gasteiger partial charge < -0.3 is 4.52 Å². The van der Waals surface area contributed by atoms with Gasteiger partial charge in [0.25, 0.3) is 0 Å². The van der Waals surface area contributed by atoms with Gasteiger partial charge in [0, 0.05) is 17.5 Å². The average molecular weight is 335 g/mol. The fourth-order valence-electron chi connectivity index (χ4n) is 2.67. The van der Waals surface area contributed by atoms with Crippen LogP contribution in [0.25, 0.3) is 16.7 Å². The summed E-state index contributed by atoms with van der Waals surface area (Å²) < 4.78 is 7.35. The molecule has 120 valence electrons. The SMILES string of the molecule is Cc1ccc(-n2c(SCc3cc(C)on3)nc3ccccc32)cc1. The third-order valence-electron chi connectivity index (χ3n) is 3.85. The number of thioether (sulfide) groups is 1. The minimum absolute atomic E-state index is 0.729. The molecule has 0 fully saturated rings. The lowest BCUT2D eigenvalue weighted by Crippen LogP contribution is -1.96. The van der Waals surface area contributed by atoms with Gasteiger partial charge in [-0.05, 0) is 38.1 Å². The number of aromatic nitrogens is 3. The van der Waals surface area contributed by atoms with Crippen LogP contribution in [0.5, 0.6) is 0 Å². The highest BCUT2D eigenvalue weighted by molar-refractivity contribution is 7.98. The number of hydrogen-bond acceptors (Lipinski definition) is 4. The molecule has 4 rings (SSSR count). The molecule has 4 nitrogen and oxygen atoms in total. The maximum atomic E-state index is 5.15. The standard InChI is InChI=1S/C19H17N3OS/c1-13-7-9-16(10-8-13)22-18-6-4-3-5-17(18)20-19(22)24-12-15-11-14(2)23-21-15/h3-11H,12H2,1-2H3. The Hall–Kier alpha value is -2.53. The van der Waals surface area contributed by atoms with E-state index in [2.05, 4.69) is 47.0 Å². The highest BCUT2D eigenvalue weighted by Gasteiger charge is 2.13. The smallest absolute Gasteiger partial charge is 0.174 e. The summed E-state index contributed by atoms with van der Waals surface area (Å²) in [4.78, 5) is 4.80. The molecule has 0 aliphatic heterocycles. The summed E-state index contributed by atoms with van der Waals surface area (Å²) >= 11 is 1.67. The third-order valence-corrected chi connectivity index (χ3v) is 4.82. The molecule has 0 radical (unpaired) electrons. The Morgan fingerprint density at radius 3 is 2.58 bits per heavy atom. The molecule has 5 heteroatoms. The van der Waals surface area contributed by atoms with Crippen LogP contribution in [-0.4, -0.2) is 14.7 Å². The quantitative estimate of drug-likeness (QED) is 0.496. The predicted molar refractivity (Wildman–Crippen MR) is 96.6 cm³/mol. The Kier molecular flexibility index (Phi) is 3.86. The Bertz CT molecular complexity index is 985. The molecule has 0 aliphatic rings. The van der Waals surface area contributed by atoms with E-state index in [0.29, 0.717) is 0 Å². The van der Waals surface area contributed by atoms with Crippen LogP contribution < -0.4 is 0 Å². The van der Waals surface area contributed by atoms with E-state index in [9.17, 15) is 0 Å². The second-order valence-electron chi connectivity index (χ2n) is 5.77. The number of nitrogens with zero attached hydrogens (tertiary/aromatic N) is 3. The fraction of sp³-hybridized carbons (Fsp3) is 0.158. The Morgan fingerprint density at radius 1 is 1.04 bits per heavy atom. The summed E-state index contributed by atoms with van der Waals surface area (Å²) in [6.45, 7) is 4.00. The molecule has 0 amide bonds. The monoisotopic (exact) mass is 335 g/mol. The summed E-state index contributed by atoms with van der Waals surface area (Å²) in [6.07, 6.45) is 0. The largest absolute Gasteiger partial charge is 0.361 e. The normalized spacial score (nSPS) is 11.2. The predicted octanol–water partition coefficient (Wildman–Crippen LogP) is 4.92. The van der Waals surface area contributed by atoms with Gasteiger partial charge in [0.15, 0.2) is 5.16 Å². The first-order chi connectivity index (χ1) is 11.7. The molecule has 2 heterocycles. The van der Waals surface area contributed by atoms with Crippen molar-refractivity contribution in [1.29, 1.82) is 0 Å². The van der Waals surface area contributed by atoms with Crippen LogP contribution in [0.15, 0.2) is 64.3 Å². The number of para-hydroxylation sites is 2. The second kappa shape index (κ2) is 6.17. The van der Waals surface area contributed by atoms with Gasteiger partial charge in [0.05, 0.1) is 16.7 Å². The van der Waals surface area contributed by atoms with E-state index in [1.165, 1.54) is 5.56 Å². The number of benzene rings is 2. The van der Waals surface area contributed by atoms with Gasteiger partial charge in [0.1, 0.15) is 5.76 Å². The zero-order valence-corrected chi connectivity index (χ0v) is 14.4. The molecule has 0 N–H and O–H groups in total. The first-order valence-corrected chi connectivity index (χ1v) is 8.79. The number of aryl methyl sites for hydroxylation is 2. The molecular weight excluding hydrogens is 318 g/mol. The van der Waals surface area contributed by atoms with Gasteiger partial charge >= 0.3 is 0 Å². The summed E-state index contributed by atoms with van der Waals surface area (Å²) in [7, 11) is 0. The van der Waals surface area contributed by atoms with E-state index in [-0.39, 0.29) is 0 Å². The second-order valence-corrected chi connectivity index (χ2v) is 6.71. The van der Waals surface area contributed by atoms with E-state index in [1.807, 2.05) is 31.2 Å². The molecule has 4 aromatic rings. The molecular formula is C19H17N3OS. The first kappa shape index (κ1) is 15.0. The Morgan fingerprint density at radius 2 is 1.83 bits per heavy atom. The van der Waals surface area contributed by atoms with E-state index < -0.39 is 0 Å². The van der Waals surface area contributed by atoms with Crippen molar-refractivity contribution < 1.29 is 4.52 Å². The minimum atomic E-state index is 0.729. The average Bonchev–Trinajstić information content (AvgIpc) is 3.17. The third kappa shape index (κ3) is 2.83. The fourth-order valence-corrected chi connectivity index (χ4v) is 3.58. The van der Waals surface area contributed by atoms with E-state index >= 15 is 0 Å². The van der Waals surface area contributed by atoms with Crippen molar-refractivity contribution in [3.63, 3.8) is 0 Å². The summed E-state index contributed by atoms with van der Waals surface area (Å²) in [5.74, 6) is 1.56. The molecule has 2 aromatic heterocycles. The van der Waals surface area contributed by atoms with Crippen molar-refractivity contribution in [1.82, 2.24) is 14.7 Å². The molecule has 0 atom stereocenters. The number of rotatable bonds is 4. The molecule has 0 saturated carbocycles. The number of fused-ring (bicyclic) bond motifs is 1. The van der Waals surface area contributed by atoms with Crippen molar-refractivity contribution in [2.75, 3.05) is 0 Å². The van der Waals surface area contributed by atoms with Crippen LogP contribution in [0.4, 0.5) is 0 Å². The van der Waals surface area contributed by atoms with Gasteiger partial charge in [-0.15, -0.1) is 0 Å². The van der Waals surface area contributed by atoms with Crippen LogP contribution >= 0.6 is 11.8 Å². The molecule has 0 aliphatic carbocycles. The van der Waals surface area contributed by atoms with Crippen molar-refractivity contribution in [2.24, 2.45) is 0 Å². The lowest BCUT2D eigenvalue weighted by molar-refractivity contribution is 0.393. The van der Waals surface area contributed by atoms with Gasteiger partial charge in [-0.3, -0.25) is 4.57 Å². The van der Waals surface area contributed by atoms with E-state index in [1.54, 1.807) is 11.8 Å². The molecule has 0 bridgehead atoms. The number of imidazole rings is 1. The molecule has 24 heavy (non-hydrogen) atoms. The zero-order chi connectivity index (χ0) is 16.5. The molecule has 0 saturated heterocycles. The van der Waals surface area contributed by atoms with Gasteiger partial charge in [-0.2, -0.15) is 0 Å². The first-order valence-electron chi connectivity index (χ1n) is 7.80. The Labute approximate surface area is 144 Å². The van der Waals surface area contributed by atoms with Crippen molar-refractivity contribution in [3.8, 4) is 5.69 Å². The zero-order valence-electron chi connectivity index (χ0n) is 13.6. The lowest BCUT2D eigenvalue weighted by atomic mass is 10.2. The summed E-state index contributed by atoms with van der Waals surface area (Å²) in [5, 5.41) is 5.02. The van der Waals surface area contributed by atoms with Gasteiger partial charge in [-0.25, -0.2) is 4.98 Å². The van der Waals surface area contributed by atoms with Crippen molar-refractivity contribution in [2.45, 2.75) is 24.8 Å². The highest BCUT2D eigenvalue weighted by Crippen LogP contribution is 2.30. The summed E-state index contributed by atoms with van der Waals surface area (Å²) in [6, 6.07) is 18.7. The molecule has 2 aromatic carbocycles. The van der Waals surface area contributed by atoms with E-state index in [4.69, 9.17) is 9.51 Å². The lowest BCUT2D eigenvalue weighted by Gasteiger charge is -2.09. The summed E-state index contributed by atoms with van der Waals surface area (Å²) in [5.41, 5.74) is 5.40. The Balaban J connectivity index is 1.76. The molecule has 0 unspecified atom stereocenters.